The highest BCUT2D eigenvalue weighted by molar-refractivity contribution is 5.86. The maximum atomic E-state index is 13.0. The minimum absolute atomic E-state index is 0.842. The zero-order valence-electron chi connectivity index (χ0n) is 50.7. The predicted molar refractivity (Wildman–Crippen MR) is 330 cm³/mol. The molecule has 2 aromatic carbocycles. The molecule has 0 saturated heterocycles. The van der Waals surface area contributed by atoms with E-state index in [1.54, 1.807) is 15.8 Å². The van der Waals surface area contributed by atoms with E-state index in [0.29, 0.717) is 0 Å². The van der Waals surface area contributed by atoms with Crippen LogP contribution in [0.5, 0.6) is 0 Å². The number of benzene rings is 2. The Morgan fingerprint density at radius 2 is 0.608 bits per heavy atom. The molecule has 418 valence electrons. The molecule has 0 saturated carbocycles. The van der Waals surface area contributed by atoms with Gasteiger partial charge in [-0.2, -0.15) is 0 Å². The van der Waals surface area contributed by atoms with E-state index in [2.05, 4.69) is 91.5 Å². The summed E-state index contributed by atoms with van der Waals surface area (Å²) in [6.45, 7) is 18.6. The van der Waals surface area contributed by atoms with Crippen LogP contribution in [0.4, 0.5) is 0 Å². The molecular formula is C72H120N2. The topological polar surface area (TPSA) is 25.3 Å². The minimum Gasteiger partial charge on any atom is -0.493 e. The summed E-state index contributed by atoms with van der Waals surface area (Å²) in [6, 6.07) is 10.0. The predicted octanol–water partition coefficient (Wildman–Crippen LogP) is 23.9. The van der Waals surface area contributed by atoms with Gasteiger partial charge in [0.2, 0.25) is 11.4 Å². The summed E-state index contributed by atoms with van der Waals surface area (Å²) in [5.41, 5.74) is 28.9. The van der Waals surface area contributed by atoms with Crippen LogP contribution in [-0.2, 0) is 38.5 Å². The third kappa shape index (κ3) is 25.0. The summed E-state index contributed by atoms with van der Waals surface area (Å²) >= 11 is 0. The van der Waals surface area contributed by atoms with E-state index in [4.69, 9.17) is 0 Å². The number of unbranched alkanes of at least 4 members (excludes halogenated alkanes) is 32. The van der Waals surface area contributed by atoms with Crippen LogP contribution in [0.3, 0.4) is 0 Å². The maximum absolute atomic E-state index is 13.0. The SMILES string of the molecule is CCCCCCCCCCCCCCCCCCCCCCCCC#CC1=C(c2cc(CCCCC)c(CCCC)c(CCCCC)c2)[N+](=[N-])C(c2cc(CCCCC)c(CCCC)c(CCCCC)c2)=C1CC. The molecule has 1 heterocycles. The number of aryl methyl sites for hydroxylation is 4. The normalized spacial score (nSPS) is 12.7. The third-order valence-electron chi connectivity index (χ3n) is 16.6. The first-order valence-corrected chi connectivity index (χ1v) is 33.2. The molecule has 1 aliphatic heterocycles. The van der Waals surface area contributed by atoms with Crippen molar-refractivity contribution in [2.75, 3.05) is 0 Å². The standard InChI is InChI=1S/C72H120N2/c1-9-17-24-25-26-27-28-29-30-31-32-33-34-35-36-37-38-39-40-41-42-43-44-49-56-70-67(16-8)71(65-57-61(50-45-18-10-2)68(54-22-14-6)62(58-65)51-46-19-11-3)74(73)72(70)66-59-63(52-47-20-12-4)69(55-23-15-7)64(60-66)53-48-21-13-5/h57-60H,9-48,50-55H2,1-8H3. The molecule has 2 heteroatoms. The highest BCUT2D eigenvalue weighted by atomic mass is 15.2. The Balaban J connectivity index is 1.83. The van der Waals surface area contributed by atoms with Gasteiger partial charge >= 0.3 is 0 Å². The van der Waals surface area contributed by atoms with E-state index < -0.39 is 0 Å². The molecule has 74 heavy (non-hydrogen) atoms. The summed E-state index contributed by atoms with van der Waals surface area (Å²) in [6.07, 6.45) is 59.3. The van der Waals surface area contributed by atoms with E-state index in [-0.39, 0.29) is 0 Å². The first kappa shape index (κ1) is 65.4. The lowest BCUT2D eigenvalue weighted by Crippen LogP contribution is -2.09. The van der Waals surface area contributed by atoms with Crippen molar-refractivity contribution in [3.63, 3.8) is 0 Å². The van der Waals surface area contributed by atoms with Gasteiger partial charge in [-0.3, -0.25) is 0 Å². The van der Waals surface area contributed by atoms with Crippen molar-refractivity contribution in [1.29, 1.82) is 0 Å². The zero-order chi connectivity index (χ0) is 53.3. The van der Waals surface area contributed by atoms with Crippen LogP contribution in [-0.4, -0.2) is 4.70 Å². The first-order chi connectivity index (χ1) is 36.4. The van der Waals surface area contributed by atoms with Crippen molar-refractivity contribution in [2.45, 2.75) is 351 Å². The summed E-state index contributed by atoms with van der Waals surface area (Å²) in [7, 11) is 0. The second-order valence-corrected chi connectivity index (χ2v) is 23.3. The Morgan fingerprint density at radius 3 is 0.919 bits per heavy atom. The van der Waals surface area contributed by atoms with Gasteiger partial charge < -0.3 is 5.53 Å². The zero-order valence-corrected chi connectivity index (χ0v) is 50.7. The van der Waals surface area contributed by atoms with Crippen LogP contribution in [0.1, 0.15) is 357 Å². The Labute approximate surface area is 461 Å². The molecular weight excluding hydrogens is 893 g/mol. The van der Waals surface area contributed by atoms with Crippen LogP contribution >= 0.6 is 0 Å². The van der Waals surface area contributed by atoms with Crippen LogP contribution in [0.15, 0.2) is 35.4 Å². The van der Waals surface area contributed by atoms with Gasteiger partial charge in [0.25, 0.3) is 0 Å². The van der Waals surface area contributed by atoms with Gasteiger partial charge in [0.1, 0.15) is 5.57 Å². The van der Waals surface area contributed by atoms with E-state index in [1.807, 2.05) is 0 Å². The van der Waals surface area contributed by atoms with Gasteiger partial charge in [-0.05, 0) is 148 Å². The van der Waals surface area contributed by atoms with Crippen LogP contribution in [0, 0.1) is 11.8 Å². The van der Waals surface area contributed by atoms with Crippen molar-refractivity contribution < 1.29 is 4.70 Å². The van der Waals surface area contributed by atoms with E-state index in [9.17, 15) is 5.53 Å². The number of hydrogen-bond acceptors (Lipinski definition) is 0. The molecule has 0 unspecified atom stereocenters. The summed E-state index contributed by atoms with van der Waals surface area (Å²) in [5, 5.41) is 0. The lowest BCUT2D eigenvalue weighted by Gasteiger charge is -2.20. The summed E-state index contributed by atoms with van der Waals surface area (Å²) < 4.78 is 1.64. The highest BCUT2D eigenvalue weighted by Gasteiger charge is 2.36. The molecule has 0 bridgehead atoms. The number of rotatable bonds is 47. The fraction of sp³-hybridized carbons (Fsp3) is 0.750. The molecule has 1 aliphatic rings. The lowest BCUT2D eigenvalue weighted by molar-refractivity contribution is -0.345. The molecule has 3 rings (SSSR count). The molecule has 0 radical (unpaired) electrons. The molecule has 0 aromatic heterocycles. The quantitative estimate of drug-likeness (QED) is 0.0359. The van der Waals surface area contributed by atoms with Gasteiger partial charge in [0.15, 0.2) is 0 Å². The van der Waals surface area contributed by atoms with E-state index >= 15 is 0 Å². The lowest BCUT2D eigenvalue weighted by atomic mass is 9.87. The highest BCUT2D eigenvalue weighted by Crippen LogP contribution is 2.44. The first-order valence-electron chi connectivity index (χ1n) is 33.2. The smallest absolute Gasteiger partial charge is 0.223 e. The average molecular weight is 1010 g/mol. The summed E-state index contributed by atoms with van der Waals surface area (Å²) in [4.78, 5) is 0. The van der Waals surface area contributed by atoms with Gasteiger partial charge in [-0.25, -0.2) is 4.70 Å². The molecule has 0 fully saturated rings. The van der Waals surface area contributed by atoms with Gasteiger partial charge in [0, 0.05) is 23.1 Å². The third-order valence-corrected chi connectivity index (χ3v) is 16.6. The van der Waals surface area contributed by atoms with Crippen molar-refractivity contribution >= 4 is 11.4 Å². The molecule has 0 amide bonds. The Kier molecular flexibility index (Phi) is 38.1. The van der Waals surface area contributed by atoms with Crippen molar-refractivity contribution in [2.24, 2.45) is 0 Å². The van der Waals surface area contributed by atoms with Gasteiger partial charge in [-0.1, -0.05) is 266 Å². The second kappa shape index (κ2) is 43.1. The Hall–Kier alpha value is -2.92. The van der Waals surface area contributed by atoms with Crippen LogP contribution < -0.4 is 0 Å². The Morgan fingerprint density at radius 1 is 0.324 bits per heavy atom. The molecule has 2 aromatic rings. The van der Waals surface area contributed by atoms with Crippen molar-refractivity contribution in [1.82, 2.24) is 0 Å². The molecule has 0 N–H and O–H groups in total. The molecule has 2 nitrogen and oxygen atoms in total. The molecule has 0 atom stereocenters. The fourth-order valence-electron chi connectivity index (χ4n) is 12.0. The van der Waals surface area contributed by atoms with E-state index in [0.717, 1.165) is 74.8 Å². The minimum atomic E-state index is 0.842. The Bertz CT molecular complexity index is 1850. The molecule has 0 spiro atoms. The maximum Gasteiger partial charge on any atom is 0.223 e. The summed E-state index contributed by atoms with van der Waals surface area (Å²) in [5.74, 6) is 7.58. The fourth-order valence-corrected chi connectivity index (χ4v) is 12.0. The van der Waals surface area contributed by atoms with Crippen LogP contribution in [0.25, 0.3) is 16.9 Å². The number of nitrogens with zero attached hydrogens (tertiary/aromatic N) is 2. The van der Waals surface area contributed by atoms with Crippen molar-refractivity contribution in [3.8, 4) is 11.8 Å². The number of allylic oxidation sites excluding steroid dienone is 2. The average Bonchev–Trinajstić information content (AvgIpc) is 3.69. The van der Waals surface area contributed by atoms with Gasteiger partial charge in [0.05, 0.1) is 0 Å². The number of hydrogen-bond donors (Lipinski definition) is 0. The largest absolute Gasteiger partial charge is 0.493 e. The monoisotopic (exact) mass is 1010 g/mol. The van der Waals surface area contributed by atoms with Crippen molar-refractivity contribution in [3.05, 3.63) is 85.5 Å². The van der Waals surface area contributed by atoms with Crippen LogP contribution in [0.2, 0.25) is 0 Å². The van der Waals surface area contributed by atoms with E-state index in [1.165, 1.54) is 277 Å². The molecule has 0 aliphatic carbocycles. The second-order valence-electron chi connectivity index (χ2n) is 23.3. The van der Waals surface area contributed by atoms with Gasteiger partial charge in [-0.15, -0.1) is 0 Å².